The van der Waals surface area contributed by atoms with Gasteiger partial charge in [0.25, 0.3) is 0 Å². The Balaban J connectivity index is 1.56. The number of hydrogen-bond donors (Lipinski definition) is 1. The average Bonchev–Trinajstić information content (AvgIpc) is 2.41. The zero-order valence-corrected chi connectivity index (χ0v) is 13.7. The summed E-state index contributed by atoms with van der Waals surface area (Å²) in [5.41, 5.74) is 0.471. The quantitative estimate of drug-likeness (QED) is 0.836. The lowest BCUT2D eigenvalue weighted by molar-refractivity contribution is 0.0234. The number of fused-ring (bicyclic) bond motifs is 1. The summed E-state index contributed by atoms with van der Waals surface area (Å²) in [6.45, 7) is 11.3. The highest BCUT2D eigenvalue weighted by atomic mass is 15.2. The van der Waals surface area contributed by atoms with Crippen LogP contribution in [0.4, 0.5) is 0 Å². The molecule has 0 amide bonds. The van der Waals surface area contributed by atoms with Gasteiger partial charge in [-0.2, -0.15) is 0 Å². The van der Waals surface area contributed by atoms with Crippen molar-refractivity contribution >= 4 is 0 Å². The lowest BCUT2D eigenvalue weighted by Crippen LogP contribution is -2.57. The second kappa shape index (κ2) is 5.94. The zero-order chi connectivity index (χ0) is 14.2. The highest BCUT2D eigenvalue weighted by Gasteiger charge is 2.37. The molecule has 3 aliphatic heterocycles. The Kier molecular flexibility index (Phi) is 4.40. The van der Waals surface area contributed by atoms with Gasteiger partial charge >= 0.3 is 0 Å². The monoisotopic (exact) mass is 279 g/mol. The Bertz CT molecular complexity index is 328. The third kappa shape index (κ3) is 3.05. The largest absolute Gasteiger partial charge is 0.312 e. The first-order chi connectivity index (χ1) is 9.56. The van der Waals surface area contributed by atoms with E-state index in [0.29, 0.717) is 11.5 Å². The normalized spacial score (nSPS) is 39.5. The molecule has 0 bridgehead atoms. The Hall–Kier alpha value is -0.120. The van der Waals surface area contributed by atoms with Crippen molar-refractivity contribution in [2.75, 3.05) is 39.8 Å². The van der Waals surface area contributed by atoms with Crippen LogP contribution in [0.3, 0.4) is 0 Å². The van der Waals surface area contributed by atoms with Gasteiger partial charge < -0.3 is 15.1 Å². The van der Waals surface area contributed by atoms with Crippen LogP contribution in [0.2, 0.25) is 0 Å². The zero-order valence-electron chi connectivity index (χ0n) is 13.7. The van der Waals surface area contributed by atoms with Crippen LogP contribution >= 0.6 is 0 Å². The molecule has 3 nitrogen and oxygen atoms in total. The molecule has 3 heterocycles. The maximum Gasteiger partial charge on any atom is 0.0246 e. The van der Waals surface area contributed by atoms with E-state index >= 15 is 0 Å². The number of nitrogens with zero attached hydrogens (tertiary/aromatic N) is 2. The lowest BCUT2D eigenvalue weighted by atomic mass is 9.76. The van der Waals surface area contributed by atoms with Gasteiger partial charge in [-0.15, -0.1) is 0 Å². The number of piperidine rings is 3. The van der Waals surface area contributed by atoms with Gasteiger partial charge in [-0.3, -0.25) is 0 Å². The van der Waals surface area contributed by atoms with Gasteiger partial charge in [0, 0.05) is 25.2 Å². The second-order valence-electron chi connectivity index (χ2n) is 8.10. The molecule has 1 N–H and O–H groups in total. The maximum atomic E-state index is 3.79. The highest BCUT2D eigenvalue weighted by molar-refractivity contribution is 4.94. The number of likely N-dealkylation sites (tertiary alicyclic amines) is 2. The molecule has 3 saturated heterocycles. The molecule has 0 spiro atoms. The minimum absolute atomic E-state index is 0.471. The van der Waals surface area contributed by atoms with E-state index < -0.39 is 0 Å². The Morgan fingerprint density at radius 3 is 2.80 bits per heavy atom. The van der Waals surface area contributed by atoms with Crippen LogP contribution in [0.5, 0.6) is 0 Å². The lowest BCUT2D eigenvalue weighted by Gasteiger charge is -2.48. The summed E-state index contributed by atoms with van der Waals surface area (Å²) < 4.78 is 0. The molecular formula is C17H33N3. The number of rotatable bonds is 2. The summed E-state index contributed by atoms with van der Waals surface area (Å²) in [4.78, 5) is 5.37. The molecule has 20 heavy (non-hydrogen) atoms. The van der Waals surface area contributed by atoms with Crippen molar-refractivity contribution in [1.29, 1.82) is 0 Å². The van der Waals surface area contributed by atoms with Gasteiger partial charge in [-0.1, -0.05) is 13.8 Å². The van der Waals surface area contributed by atoms with Crippen molar-refractivity contribution in [3.05, 3.63) is 0 Å². The molecule has 3 aliphatic rings. The van der Waals surface area contributed by atoms with Crippen molar-refractivity contribution < 1.29 is 0 Å². The summed E-state index contributed by atoms with van der Waals surface area (Å²) in [5.74, 6) is 0.925. The summed E-state index contributed by atoms with van der Waals surface area (Å²) >= 11 is 0. The van der Waals surface area contributed by atoms with Crippen molar-refractivity contribution in [3.63, 3.8) is 0 Å². The van der Waals surface area contributed by atoms with Gasteiger partial charge in [0.1, 0.15) is 0 Å². The first-order valence-corrected chi connectivity index (χ1v) is 8.72. The predicted octanol–water partition coefficient (Wildman–Crippen LogP) is 2.18. The van der Waals surface area contributed by atoms with E-state index in [0.717, 1.165) is 12.0 Å². The first-order valence-electron chi connectivity index (χ1n) is 8.72. The molecule has 3 heteroatoms. The molecule has 3 rings (SSSR count). The predicted molar refractivity (Wildman–Crippen MR) is 85.0 cm³/mol. The van der Waals surface area contributed by atoms with Crippen molar-refractivity contribution in [1.82, 2.24) is 15.1 Å². The van der Waals surface area contributed by atoms with E-state index in [1.54, 1.807) is 0 Å². The summed E-state index contributed by atoms with van der Waals surface area (Å²) in [7, 11) is 2.33. The number of nitrogens with one attached hydrogen (secondary N) is 1. The van der Waals surface area contributed by atoms with E-state index in [9.17, 15) is 0 Å². The Morgan fingerprint density at radius 1 is 1.15 bits per heavy atom. The van der Waals surface area contributed by atoms with Crippen LogP contribution in [0.25, 0.3) is 0 Å². The Morgan fingerprint density at radius 2 is 2.00 bits per heavy atom. The molecule has 0 radical (unpaired) electrons. The summed E-state index contributed by atoms with van der Waals surface area (Å²) in [5, 5.41) is 3.79. The van der Waals surface area contributed by atoms with E-state index in [2.05, 4.69) is 36.0 Å². The van der Waals surface area contributed by atoms with Crippen molar-refractivity contribution in [2.24, 2.45) is 11.3 Å². The molecule has 0 aromatic rings. The Labute approximate surface area is 125 Å². The third-order valence-corrected chi connectivity index (χ3v) is 6.20. The van der Waals surface area contributed by atoms with Crippen LogP contribution in [-0.4, -0.2) is 61.7 Å². The fraction of sp³-hybridized carbons (Fsp3) is 1.00. The topological polar surface area (TPSA) is 18.5 Å². The standard InChI is InChI=1S/C17H33N3/c1-17(2)8-5-9-18-16(17)13-20-11-7-15-14(12-20)6-4-10-19(15)3/h14-16,18H,4-13H2,1-3H3. The minimum Gasteiger partial charge on any atom is -0.312 e. The van der Waals surface area contributed by atoms with Crippen molar-refractivity contribution in [3.8, 4) is 0 Å². The van der Waals surface area contributed by atoms with Crippen LogP contribution in [0.1, 0.15) is 46.0 Å². The molecule has 116 valence electrons. The average molecular weight is 279 g/mol. The smallest absolute Gasteiger partial charge is 0.0246 e. The van der Waals surface area contributed by atoms with Crippen molar-refractivity contribution in [2.45, 2.75) is 58.0 Å². The van der Waals surface area contributed by atoms with Gasteiger partial charge in [0.05, 0.1) is 0 Å². The summed E-state index contributed by atoms with van der Waals surface area (Å²) in [6.07, 6.45) is 6.96. The van der Waals surface area contributed by atoms with E-state index in [-0.39, 0.29) is 0 Å². The highest BCUT2D eigenvalue weighted by Crippen LogP contribution is 2.33. The maximum absolute atomic E-state index is 3.79. The summed E-state index contributed by atoms with van der Waals surface area (Å²) in [6, 6.07) is 1.56. The van der Waals surface area contributed by atoms with Gasteiger partial charge in [-0.05, 0) is 70.1 Å². The second-order valence-corrected chi connectivity index (χ2v) is 8.10. The third-order valence-electron chi connectivity index (χ3n) is 6.20. The van der Waals surface area contributed by atoms with E-state index in [1.165, 1.54) is 64.8 Å². The molecule has 0 aromatic carbocycles. The van der Waals surface area contributed by atoms with E-state index in [1.807, 2.05) is 0 Å². The van der Waals surface area contributed by atoms with E-state index in [4.69, 9.17) is 0 Å². The van der Waals surface area contributed by atoms with Gasteiger partial charge in [0.15, 0.2) is 0 Å². The minimum atomic E-state index is 0.471. The van der Waals surface area contributed by atoms with Crippen LogP contribution in [0.15, 0.2) is 0 Å². The molecule has 0 aromatic heterocycles. The molecule has 0 saturated carbocycles. The SMILES string of the molecule is CN1CCCC2CN(CC3NCCCC3(C)C)CCC21. The molecule has 3 fully saturated rings. The molecular weight excluding hydrogens is 246 g/mol. The fourth-order valence-corrected chi connectivity index (χ4v) is 4.73. The van der Waals surface area contributed by atoms with Crippen LogP contribution < -0.4 is 5.32 Å². The van der Waals surface area contributed by atoms with Gasteiger partial charge in [0.2, 0.25) is 0 Å². The molecule has 3 atom stereocenters. The van der Waals surface area contributed by atoms with Crippen LogP contribution in [0, 0.1) is 11.3 Å². The molecule has 0 aliphatic carbocycles. The number of hydrogen-bond acceptors (Lipinski definition) is 3. The fourth-order valence-electron chi connectivity index (χ4n) is 4.73. The van der Waals surface area contributed by atoms with Crippen LogP contribution in [-0.2, 0) is 0 Å². The molecule has 3 unspecified atom stereocenters. The van der Waals surface area contributed by atoms with Gasteiger partial charge in [-0.25, -0.2) is 0 Å². The first kappa shape index (κ1) is 14.8.